The topological polar surface area (TPSA) is 660 Å². The predicted octanol–water partition coefficient (Wildman–Crippen LogP) is -15.8. The fraction of sp³-hybridized carbons (Fsp3) is 0.873. The van der Waals surface area contributed by atoms with Gasteiger partial charge in [-0.25, -0.2) is 4.79 Å². The van der Waals surface area contributed by atoms with Crippen LogP contribution in [0.2, 0.25) is 0 Å². The molecule has 16 bridgehead atoms. The molecule has 30 aliphatic heterocycles. The van der Waals surface area contributed by atoms with Gasteiger partial charge in [0.1, 0.15) is 201 Å². The highest BCUT2D eigenvalue weighted by Crippen LogP contribution is 2.40. The van der Waals surface area contributed by atoms with Gasteiger partial charge in [0, 0.05) is 0 Å². The van der Waals surface area contributed by atoms with E-state index in [4.69, 9.17) is 80.5 Å². The third-order valence-corrected chi connectivity index (χ3v) is 18.2. The van der Waals surface area contributed by atoms with Crippen LogP contribution in [0.5, 0.6) is 5.75 Å². The number of hydrogen-bond acceptors (Lipinski definition) is 42. The van der Waals surface area contributed by atoms with Gasteiger partial charge < -0.3 is 203 Å². The highest BCUT2D eigenvalue weighted by atomic mass is 16.8. The molecule has 30 fully saturated rings. The molecule has 1 aromatic carbocycles. The molecule has 42 heteroatoms. The van der Waals surface area contributed by atoms with Crippen LogP contribution in [0.25, 0.3) is 0 Å². The van der Waals surface area contributed by atoms with Gasteiger partial charge in [-0.05, 0) is 12.1 Å². The van der Waals surface area contributed by atoms with E-state index in [-0.39, 0.29) is 0 Å². The second-order valence-electron chi connectivity index (χ2n) is 24.4. The molecule has 0 unspecified atom stereocenters. The van der Waals surface area contributed by atoms with Crippen LogP contribution < -0.4 is 0 Å². The van der Waals surface area contributed by atoms with Gasteiger partial charge in [-0.1, -0.05) is 12.1 Å². The van der Waals surface area contributed by atoms with Gasteiger partial charge in [0.2, 0.25) is 0 Å². The number of carbonyl (C=O) groups excluding carboxylic acids is 1. The third-order valence-electron chi connectivity index (χ3n) is 18.2. The number of para-hydroxylation sites is 1. The van der Waals surface area contributed by atoms with Crippen molar-refractivity contribution in [2.45, 2.75) is 246 Å². The fourth-order valence-electron chi connectivity index (χ4n) is 12.9. The zero-order valence-electron chi connectivity index (χ0n) is 50.6. The van der Waals surface area contributed by atoms with E-state index in [0.717, 1.165) is 12.1 Å². The Morgan fingerprint density at radius 2 is 0.454 bits per heavy atom. The predicted molar refractivity (Wildman–Crippen MR) is 292 cm³/mol. The van der Waals surface area contributed by atoms with Gasteiger partial charge in [0.25, 0.3) is 0 Å². The maximum absolute atomic E-state index is 13.8. The number of esters is 1. The zero-order valence-corrected chi connectivity index (χ0v) is 50.6. The number of phenols is 1. The summed E-state index contributed by atoms with van der Waals surface area (Å²) in [5.74, 6) is -2.05. The van der Waals surface area contributed by atoms with Gasteiger partial charge in [-0.15, -0.1) is 0 Å². The van der Waals surface area contributed by atoms with Gasteiger partial charge in [0.15, 0.2) is 56.4 Å². The molecule has 556 valence electrons. The Kier molecular flexibility index (Phi) is 25.8. The molecule has 0 aromatic heterocycles. The van der Waals surface area contributed by atoms with Crippen molar-refractivity contribution in [1.29, 1.82) is 0 Å². The normalized spacial score (nSPS) is 51.2. The first-order valence-electron chi connectivity index (χ1n) is 30.8. The van der Waals surface area contributed by atoms with Crippen LogP contribution in [0.3, 0.4) is 0 Å². The summed E-state index contributed by atoms with van der Waals surface area (Å²) in [4.78, 5) is 13.8. The molecule has 24 N–H and O–H groups in total. The van der Waals surface area contributed by atoms with Gasteiger partial charge >= 0.3 is 5.97 Å². The number of rotatable bonds is 10. The molecule has 40 atom stereocenters. The number of aliphatic hydroxyl groups is 23. The van der Waals surface area contributed by atoms with Crippen LogP contribution >= 0.6 is 0 Å². The first kappa shape index (κ1) is 76.6. The first-order chi connectivity index (χ1) is 46.3. The number of carbonyl (C=O) groups is 1. The second-order valence-corrected chi connectivity index (χ2v) is 24.4. The van der Waals surface area contributed by atoms with E-state index in [2.05, 4.69) is 0 Å². The smallest absolute Gasteiger partial charge is 0.342 e. The molecule has 1 aromatic rings. The minimum Gasteiger partial charge on any atom is -0.507 e. The molecule has 30 heterocycles. The van der Waals surface area contributed by atoms with Crippen molar-refractivity contribution in [3.8, 4) is 5.75 Å². The average molecular weight is 1420 g/mol. The molecule has 42 nitrogen and oxygen atoms in total. The molecule has 30 saturated heterocycles. The lowest BCUT2D eigenvalue weighted by Gasteiger charge is -2.51. The van der Waals surface area contributed by atoms with E-state index >= 15 is 0 Å². The van der Waals surface area contributed by atoms with E-state index < -0.39 is 316 Å². The summed E-state index contributed by atoms with van der Waals surface area (Å²) < 4.78 is 98.0. The molecular formula is C55H84O42. The summed E-state index contributed by atoms with van der Waals surface area (Å²) in [5, 5.41) is 268. The Morgan fingerprint density at radius 3 is 0.660 bits per heavy atom. The monoisotopic (exact) mass is 1420 g/mol. The summed E-state index contributed by atoms with van der Waals surface area (Å²) in [6.07, 6.45) is -84.3. The van der Waals surface area contributed by atoms with Crippen molar-refractivity contribution in [1.82, 2.24) is 0 Å². The molecule has 97 heavy (non-hydrogen) atoms. The molecule has 0 radical (unpaired) electrons. The number of hydrogen-bond donors (Lipinski definition) is 24. The molecular weight excluding hydrogens is 1330 g/mol. The second kappa shape index (κ2) is 32.7. The number of aromatic hydroxyl groups is 1. The third kappa shape index (κ3) is 15.3. The zero-order chi connectivity index (χ0) is 70.3. The number of aliphatic hydroxyl groups excluding tert-OH is 23. The molecule has 0 amide bonds. The molecule has 0 spiro atoms. The minimum atomic E-state index is -2.39. The highest BCUT2D eigenvalue weighted by molar-refractivity contribution is 5.92. The lowest BCUT2D eigenvalue weighted by atomic mass is 9.94. The molecule has 30 aliphatic rings. The van der Waals surface area contributed by atoms with Crippen molar-refractivity contribution in [2.24, 2.45) is 0 Å². The maximum atomic E-state index is 13.8. The summed E-state index contributed by atoms with van der Waals surface area (Å²) in [7, 11) is 0. The van der Waals surface area contributed by atoms with Crippen LogP contribution in [0, 0.1) is 0 Å². The average Bonchev–Trinajstić information content (AvgIpc) is 0.777. The van der Waals surface area contributed by atoms with Crippen molar-refractivity contribution in [3.05, 3.63) is 29.8 Å². The van der Waals surface area contributed by atoms with Gasteiger partial charge in [-0.2, -0.15) is 0 Å². The van der Waals surface area contributed by atoms with Crippen molar-refractivity contribution in [2.75, 3.05) is 52.9 Å². The minimum absolute atomic E-state index is 0.527. The van der Waals surface area contributed by atoms with E-state index in [0.29, 0.717) is 0 Å². The first-order valence-corrected chi connectivity index (χ1v) is 30.8. The van der Waals surface area contributed by atoms with Crippen molar-refractivity contribution >= 4 is 5.97 Å². The number of benzene rings is 1. The van der Waals surface area contributed by atoms with Crippen LogP contribution in [0.1, 0.15) is 10.4 Å². The standard InChI is InChI=1S/C55H84O42/c56-5-15-38-23(65)30(72)48(81-15)91-39-16(6-57)83-50(32(74)25(39)67)93-41-18(8-59)85-52(34(76)27(41)69)95-43-20(10-61)87-54(36(78)29(43)71)97-45-22(12-63)88-55(37(79)46(45)89-47(80)13-3-1-2-4-14(13)64)96-44-21(11-62)86-53(35(77)28(44)70)94-42-19(9-60)84-51(33(75)26(42)68)92-40-17(7-58)82-49(90-38)31(73)24(40)66/h1-4,15-46,48-79H,5-12H2/t15-,16-,17-,18-,19-,20-,21-,22-,23-,24-,25-,26-,27-,28-,29-,30-,31-,32-,33-,34-,35-,36-,37-,38-,39-,40-,41-,42-,43-,44-,45-,46-,48-,49-,50-,51-,52-,53-,54-,55-/m1/s1. The fourth-order valence-corrected chi connectivity index (χ4v) is 12.9. The molecule has 31 rings (SSSR count). The van der Waals surface area contributed by atoms with Crippen LogP contribution in [0.4, 0.5) is 0 Å². The van der Waals surface area contributed by atoms with E-state index in [9.17, 15) is 127 Å². The van der Waals surface area contributed by atoms with E-state index in [1.54, 1.807) is 0 Å². The number of ether oxygens (including phenoxy) is 17. The van der Waals surface area contributed by atoms with E-state index in [1.165, 1.54) is 12.1 Å². The summed E-state index contributed by atoms with van der Waals surface area (Å²) in [6, 6.07) is 4.80. The van der Waals surface area contributed by atoms with Gasteiger partial charge in [-0.3, -0.25) is 0 Å². The summed E-state index contributed by atoms with van der Waals surface area (Å²) in [5.41, 5.74) is -0.527. The molecule has 0 aliphatic carbocycles. The Hall–Kier alpha value is -3.07. The highest BCUT2D eigenvalue weighted by Gasteiger charge is 2.61. The SMILES string of the molecule is O=C(O[C@@H]1[C@@H](O)[C@H]2O[C@H]3[C@H](O)[C@@H](O)[C@@H](O[C@H]4[C@H](O)[C@@H](O)[C@@H](O[C@H]5[C@H](O)[C@@H](O)[C@@H](O[C@H]6[C@H](O)[C@@H](O)[C@@H](O[C@H]7[C@H](O)[C@@H](O)[C@@H](O[C@H]8[C@H](O)[C@@H](O)[C@@H](O[C@H]9[C@H](O)[C@@H](O)[C@@H](O[C@@H]1[C@@H](CO)O2)O[C@@H]9CO)O[C@@H]8CO)O[C@@H]7CO)O[C@@H]6CO)O[C@@H]5CO)O[C@@H]4CO)O[C@@H]3CO)c1ccccc1O. The Morgan fingerprint density at radius 1 is 0.268 bits per heavy atom. The molecule has 0 saturated carbocycles. The maximum Gasteiger partial charge on any atom is 0.342 e. The van der Waals surface area contributed by atoms with Gasteiger partial charge in [0.05, 0.1) is 52.9 Å². The van der Waals surface area contributed by atoms with Crippen molar-refractivity contribution in [3.63, 3.8) is 0 Å². The Bertz CT molecular complexity index is 2620. The van der Waals surface area contributed by atoms with Crippen LogP contribution in [0.15, 0.2) is 24.3 Å². The quantitative estimate of drug-likeness (QED) is 0.0967. The largest absolute Gasteiger partial charge is 0.507 e. The van der Waals surface area contributed by atoms with Crippen LogP contribution in [-0.2, 0) is 80.5 Å². The van der Waals surface area contributed by atoms with Crippen LogP contribution in [-0.4, -0.2) is 427 Å². The van der Waals surface area contributed by atoms with Crippen molar-refractivity contribution < 1.29 is 208 Å². The lowest BCUT2D eigenvalue weighted by Crippen LogP contribution is -2.69. The number of phenolic OH excluding ortho intramolecular Hbond substituents is 1. The van der Waals surface area contributed by atoms with E-state index in [1.807, 2.05) is 0 Å². The lowest BCUT2D eigenvalue weighted by molar-refractivity contribution is -0.403. The Labute approximate surface area is 546 Å². The summed E-state index contributed by atoms with van der Waals surface area (Å²) in [6.45, 7) is -9.00. The summed E-state index contributed by atoms with van der Waals surface area (Å²) >= 11 is 0. The Balaban J connectivity index is 0.944.